The van der Waals surface area contributed by atoms with Gasteiger partial charge in [-0.25, -0.2) is 4.98 Å². The number of aliphatic hydroxyl groups excluding tert-OH is 1. The molecule has 3 nitrogen and oxygen atoms in total. The highest BCUT2D eigenvalue weighted by atomic mass is 16.5. The van der Waals surface area contributed by atoms with Crippen molar-refractivity contribution in [2.45, 2.75) is 26.4 Å². The van der Waals surface area contributed by atoms with Crippen molar-refractivity contribution in [1.82, 2.24) is 4.98 Å². The molecule has 0 amide bonds. The van der Waals surface area contributed by atoms with E-state index in [-0.39, 0.29) is 0 Å². The first-order valence-corrected chi connectivity index (χ1v) is 6.35. The van der Waals surface area contributed by atoms with Crippen LogP contribution in [0.25, 0.3) is 0 Å². The van der Waals surface area contributed by atoms with Crippen LogP contribution in [0.2, 0.25) is 0 Å². The van der Waals surface area contributed by atoms with Crippen molar-refractivity contribution >= 4 is 0 Å². The maximum atomic E-state index is 10.3. The number of nitrogens with zero attached hydrogens (tertiary/aromatic N) is 1. The van der Waals surface area contributed by atoms with Gasteiger partial charge in [-0.1, -0.05) is 18.2 Å². The third-order valence-electron chi connectivity index (χ3n) is 3.35. The van der Waals surface area contributed by atoms with E-state index in [9.17, 15) is 5.11 Å². The molecule has 0 fully saturated rings. The van der Waals surface area contributed by atoms with E-state index in [0.717, 1.165) is 11.1 Å². The molecule has 0 aliphatic heterocycles. The van der Waals surface area contributed by atoms with Gasteiger partial charge in [-0.2, -0.15) is 0 Å². The summed E-state index contributed by atoms with van der Waals surface area (Å²) in [6, 6.07) is 9.90. The first-order valence-electron chi connectivity index (χ1n) is 6.35. The van der Waals surface area contributed by atoms with Crippen LogP contribution >= 0.6 is 0 Å². The summed E-state index contributed by atoms with van der Waals surface area (Å²) >= 11 is 0. The summed E-state index contributed by atoms with van der Waals surface area (Å²) in [7, 11) is 1.56. The maximum Gasteiger partial charge on any atom is 0.218 e. The largest absolute Gasteiger partial charge is 0.481 e. The Morgan fingerprint density at radius 2 is 2.00 bits per heavy atom. The Bertz CT molecular complexity index is 566. The van der Waals surface area contributed by atoms with E-state index in [1.165, 1.54) is 11.1 Å². The number of ether oxygens (including phenoxy) is 1. The van der Waals surface area contributed by atoms with Crippen LogP contribution in [0.1, 0.15) is 28.4 Å². The van der Waals surface area contributed by atoms with Gasteiger partial charge in [-0.05, 0) is 42.7 Å². The first-order chi connectivity index (χ1) is 9.11. The van der Waals surface area contributed by atoms with Crippen LogP contribution in [0, 0.1) is 13.8 Å². The van der Waals surface area contributed by atoms with E-state index in [2.05, 4.69) is 31.0 Å². The van der Waals surface area contributed by atoms with Crippen molar-refractivity contribution in [1.29, 1.82) is 0 Å². The van der Waals surface area contributed by atoms with Crippen molar-refractivity contribution in [2.24, 2.45) is 0 Å². The van der Waals surface area contributed by atoms with Gasteiger partial charge in [0.2, 0.25) is 5.88 Å². The molecule has 1 atom stereocenters. The van der Waals surface area contributed by atoms with Crippen LogP contribution in [0.15, 0.2) is 36.5 Å². The second-order valence-electron chi connectivity index (χ2n) is 4.74. The smallest absolute Gasteiger partial charge is 0.218 e. The fourth-order valence-corrected chi connectivity index (χ4v) is 2.09. The molecular formula is C16H19NO2. The molecule has 1 unspecified atom stereocenters. The summed E-state index contributed by atoms with van der Waals surface area (Å²) in [5.74, 6) is 0.485. The van der Waals surface area contributed by atoms with Crippen molar-refractivity contribution in [2.75, 3.05) is 7.11 Å². The van der Waals surface area contributed by atoms with Crippen LogP contribution in [-0.2, 0) is 6.42 Å². The minimum atomic E-state index is -0.606. The van der Waals surface area contributed by atoms with E-state index < -0.39 is 6.10 Å². The van der Waals surface area contributed by atoms with Crippen LogP contribution in [0.4, 0.5) is 0 Å². The molecule has 1 aromatic heterocycles. The van der Waals surface area contributed by atoms with Crippen LogP contribution < -0.4 is 4.74 Å². The van der Waals surface area contributed by atoms with Crippen LogP contribution in [0.3, 0.4) is 0 Å². The van der Waals surface area contributed by atoms with Crippen LogP contribution in [-0.4, -0.2) is 17.2 Å². The van der Waals surface area contributed by atoms with Gasteiger partial charge >= 0.3 is 0 Å². The van der Waals surface area contributed by atoms with Crippen molar-refractivity contribution in [3.8, 4) is 5.88 Å². The lowest BCUT2D eigenvalue weighted by Gasteiger charge is -2.14. The SMILES string of the molecule is COc1ncccc1C(O)Cc1ccc(C)c(C)c1. The van der Waals surface area contributed by atoms with Gasteiger partial charge in [-0.15, -0.1) is 0 Å². The molecule has 0 saturated heterocycles. The molecule has 0 aliphatic rings. The van der Waals surface area contributed by atoms with Gasteiger partial charge in [-0.3, -0.25) is 0 Å². The number of benzene rings is 1. The number of hydrogen-bond acceptors (Lipinski definition) is 3. The molecule has 19 heavy (non-hydrogen) atoms. The highest BCUT2D eigenvalue weighted by Gasteiger charge is 2.14. The second kappa shape index (κ2) is 5.85. The number of methoxy groups -OCH3 is 1. The molecule has 1 aromatic carbocycles. The normalized spacial score (nSPS) is 12.2. The molecule has 0 bridgehead atoms. The van der Waals surface area contributed by atoms with E-state index in [0.29, 0.717) is 12.3 Å². The summed E-state index contributed by atoms with van der Waals surface area (Å²) in [5.41, 5.74) is 4.34. The van der Waals surface area contributed by atoms with Crippen molar-refractivity contribution in [3.05, 3.63) is 58.8 Å². The van der Waals surface area contributed by atoms with E-state index in [1.807, 2.05) is 18.2 Å². The molecule has 0 radical (unpaired) electrons. The zero-order chi connectivity index (χ0) is 13.8. The van der Waals surface area contributed by atoms with Gasteiger partial charge in [0.1, 0.15) is 0 Å². The van der Waals surface area contributed by atoms with Gasteiger partial charge in [0.05, 0.1) is 13.2 Å². The molecule has 0 aliphatic carbocycles. The molecule has 2 rings (SSSR count). The quantitative estimate of drug-likeness (QED) is 0.915. The monoisotopic (exact) mass is 257 g/mol. The predicted molar refractivity (Wildman–Crippen MR) is 75.4 cm³/mol. The van der Waals surface area contributed by atoms with Gasteiger partial charge in [0.15, 0.2) is 0 Å². The molecule has 2 aromatic rings. The Morgan fingerprint density at radius 3 is 2.68 bits per heavy atom. The molecule has 0 spiro atoms. The summed E-state index contributed by atoms with van der Waals surface area (Å²) in [6.45, 7) is 4.16. The highest BCUT2D eigenvalue weighted by molar-refractivity contribution is 5.33. The molecule has 100 valence electrons. The maximum absolute atomic E-state index is 10.3. The average molecular weight is 257 g/mol. The first kappa shape index (κ1) is 13.6. The van der Waals surface area contributed by atoms with E-state index in [1.54, 1.807) is 13.3 Å². The minimum Gasteiger partial charge on any atom is -0.481 e. The Kier molecular flexibility index (Phi) is 4.17. The molecule has 1 N–H and O–H groups in total. The fraction of sp³-hybridized carbons (Fsp3) is 0.312. The third-order valence-corrected chi connectivity index (χ3v) is 3.35. The second-order valence-corrected chi connectivity index (χ2v) is 4.74. The Morgan fingerprint density at radius 1 is 1.21 bits per heavy atom. The molecule has 0 saturated carbocycles. The zero-order valence-corrected chi connectivity index (χ0v) is 11.6. The number of pyridine rings is 1. The molecule has 1 heterocycles. The summed E-state index contributed by atoms with van der Waals surface area (Å²) in [4.78, 5) is 4.11. The Hall–Kier alpha value is -1.87. The summed E-state index contributed by atoms with van der Waals surface area (Å²) in [5, 5.41) is 10.3. The number of aromatic nitrogens is 1. The minimum absolute atomic E-state index is 0.485. The number of aryl methyl sites for hydroxylation is 2. The number of hydrogen-bond donors (Lipinski definition) is 1. The average Bonchev–Trinajstić information content (AvgIpc) is 2.43. The van der Waals surface area contributed by atoms with E-state index in [4.69, 9.17) is 4.74 Å². The topological polar surface area (TPSA) is 42.4 Å². The Balaban J connectivity index is 2.20. The lowest BCUT2D eigenvalue weighted by atomic mass is 9.99. The van der Waals surface area contributed by atoms with Crippen LogP contribution in [0.5, 0.6) is 5.88 Å². The predicted octanol–water partition coefficient (Wildman–Crippen LogP) is 2.98. The van der Waals surface area contributed by atoms with Gasteiger partial charge in [0.25, 0.3) is 0 Å². The molecule has 3 heteroatoms. The summed E-state index contributed by atoms with van der Waals surface area (Å²) in [6.07, 6.45) is 1.61. The van der Waals surface area contributed by atoms with Gasteiger partial charge in [0, 0.05) is 18.2 Å². The van der Waals surface area contributed by atoms with E-state index >= 15 is 0 Å². The Labute approximate surface area is 113 Å². The third kappa shape index (κ3) is 3.12. The number of rotatable bonds is 4. The molecular weight excluding hydrogens is 238 g/mol. The standard InChI is InChI=1S/C16H19NO2/c1-11-6-7-13(9-12(11)2)10-15(18)14-5-4-8-17-16(14)19-3/h4-9,15,18H,10H2,1-3H3. The van der Waals surface area contributed by atoms with Crippen molar-refractivity contribution in [3.63, 3.8) is 0 Å². The highest BCUT2D eigenvalue weighted by Crippen LogP contribution is 2.25. The van der Waals surface area contributed by atoms with Crippen molar-refractivity contribution < 1.29 is 9.84 Å². The lowest BCUT2D eigenvalue weighted by molar-refractivity contribution is 0.173. The zero-order valence-electron chi connectivity index (χ0n) is 11.6. The van der Waals surface area contributed by atoms with Gasteiger partial charge < -0.3 is 9.84 Å². The lowest BCUT2D eigenvalue weighted by Crippen LogP contribution is -2.05. The number of aliphatic hydroxyl groups is 1. The fourth-order valence-electron chi connectivity index (χ4n) is 2.09. The summed E-state index contributed by atoms with van der Waals surface area (Å²) < 4.78 is 5.18.